The average Bonchev–Trinajstić information content (AvgIpc) is 2.76. The van der Waals surface area contributed by atoms with Crippen molar-refractivity contribution in [3.05, 3.63) is 17.0 Å². The van der Waals surface area contributed by atoms with E-state index in [1.54, 1.807) is 10.9 Å². The van der Waals surface area contributed by atoms with Crippen molar-refractivity contribution in [2.45, 2.75) is 23.5 Å². The van der Waals surface area contributed by atoms with Gasteiger partial charge in [0.1, 0.15) is 11.4 Å². The van der Waals surface area contributed by atoms with E-state index in [9.17, 15) is 0 Å². The van der Waals surface area contributed by atoms with Crippen LogP contribution in [0.25, 0.3) is 0 Å². The van der Waals surface area contributed by atoms with Gasteiger partial charge in [0.25, 0.3) is 0 Å². The lowest BCUT2D eigenvalue weighted by Gasteiger charge is -2.06. The van der Waals surface area contributed by atoms with E-state index in [-0.39, 0.29) is 0 Å². The summed E-state index contributed by atoms with van der Waals surface area (Å²) in [5.41, 5.74) is 0. The van der Waals surface area contributed by atoms with Crippen molar-refractivity contribution in [1.82, 2.24) is 24.7 Å². The third-order valence-electron chi connectivity index (χ3n) is 2.10. The van der Waals surface area contributed by atoms with E-state index in [0.717, 1.165) is 27.6 Å². The van der Waals surface area contributed by atoms with E-state index in [2.05, 4.69) is 48.2 Å². The Labute approximate surface area is 118 Å². The lowest BCUT2D eigenvalue weighted by Crippen LogP contribution is -2.05. The first kappa shape index (κ1) is 13.3. The van der Waals surface area contributed by atoms with Crippen molar-refractivity contribution in [2.75, 3.05) is 11.9 Å². The van der Waals surface area contributed by atoms with E-state index in [0.29, 0.717) is 5.95 Å². The number of rotatable bonds is 5. The predicted molar refractivity (Wildman–Crippen MR) is 73.6 cm³/mol. The maximum atomic E-state index is 4.44. The maximum absolute atomic E-state index is 4.44. The van der Waals surface area contributed by atoms with Gasteiger partial charge in [0.15, 0.2) is 5.16 Å². The molecule has 8 heteroatoms. The van der Waals surface area contributed by atoms with Gasteiger partial charge >= 0.3 is 0 Å². The van der Waals surface area contributed by atoms with Crippen molar-refractivity contribution in [2.24, 2.45) is 7.05 Å². The quantitative estimate of drug-likeness (QED) is 0.849. The molecule has 6 nitrogen and oxygen atoms in total. The Morgan fingerprint density at radius 2 is 2.28 bits per heavy atom. The molecule has 2 rings (SSSR count). The zero-order chi connectivity index (χ0) is 13.0. The first-order valence-electron chi connectivity index (χ1n) is 5.49. The molecule has 2 aromatic rings. The van der Waals surface area contributed by atoms with Crippen LogP contribution in [-0.4, -0.2) is 31.3 Å². The van der Waals surface area contributed by atoms with Gasteiger partial charge in [-0.2, -0.15) is 5.10 Å². The van der Waals surface area contributed by atoms with Crippen molar-refractivity contribution in [1.29, 1.82) is 0 Å². The molecule has 0 aliphatic rings. The molecule has 0 spiro atoms. The molecule has 0 bridgehead atoms. The minimum absolute atomic E-state index is 0.629. The molecule has 96 valence electrons. The van der Waals surface area contributed by atoms with Crippen molar-refractivity contribution < 1.29 is 0 Å². The number of hydrogen-bond acceptors (Lipinski definition) is 6. The van der Waals surface area contributed by atoms with Gasteiger partial charge in [-0.3, -0.25) is 0 Å². The molecule has 0 unspecified atom stereocenters. The fourth-order valence-electron chi connectivity index (χ4n) is 1.21. The minimum Gasteiger partial charge on any atom is -0.354 e. The van der Waals surface area contributed by atoms with Gasteiger partial charge < -0.3 is 5.32 Å². The van der Waals surface area contributed by atoms with Crippen LogP contribution in [0.15, 0.2) is 27.2 Å². The Kier molecular flexibility index (Phi) is 4.54. The van der Waals surface area contributed by atoms with Gasteiger partial charge in [-0.25, -0.2) is 19.6 Å². The number of hydrogen-bond donors (Lipinski definition) is 1. The van der Waals surface area contributed by atoms with Crippen LogP contribution in [0.3, 0.4) is 0 Å². The standard InChI is InChI=1S/C10H13BrN6S/c1-3-4-12-9-13-5-7(11)8(16-9)18-10-14-6-15-17(10)2/h5-6H,3-4H2,1-2H3,(H,12,13,16). The van der Waals surface area contributed by atoms with E-state index < -0.39 is 0 Å². The lowest BCUT2D eigenvalue weighted by atomic mass is 10.5. The topological polar surface area (TPSA) is 68.5 Å². The number of aryl methyl sites for hydroxylation is 1. The molecule has 0 saturated heterocycles. The Morgan fingerprint density at radius 3 is 2.94 bits per heavy atom. The van der Waals surface area contributed by atoms with Gasteiger partial charge in [0.05, 0.1) is 4.47 Å². The number of anilines is 1. The van der Waals surface area contributed by atoms with E-state index in [4.69, 9.17) is 0 Å². The number of halogens is 1. The number of nitrogens with one attached hydrogen (secondary N) is 1. The fourth-order valence-corrected chi connectivity index (χ4v) is 2.38. The van der Waals surface area contributed by atoms with Crippen LogP contribution in [0.5, 0.6) is 0 Å². The van der Waals surface area contributed by atoms with E-state index >= 15 is 0 Å². The van der Waals surface area contributed by atoms with Crippen LogP contribution in [0, 0.1) is 0 Å². The first-order chi connectivity index (χ1) is 8.70. The summed E-state index contributed by atoms with van der Waals surface area (Å²) in [7, 11) is 1.85. The van der Waals surface area contributed by atoms with Crippen LogP contribution in [-0.2, 0) is 7.05 Å². The third kappa shape index (κ3) is 3.20. The Bertz CT molecular complexity index is 529. The molecule has 0 amide bonds. The second kappa shape index (κ2) is 6.14. The molecule has 0 fully saturated rings. The predicted octanol–water partition coefficient (Wildman–Crippen LogP) is 2.34. The minimum atomic E-state index is 0.629. The van der Waals surface area contributed by atoms with Gasteiger partial charge in [-0.05, 0) is 34.1 Å². The molecule has 0 radical (unpaired) electrons. The van der Waals surface area contributed by atoms with Crippen LogP contribution in [0.4, 0.5) is 5.95 Å². The molecule has 0 aromatic carbocycles. The van der Waals surface area contributed by atoms with Crippen LogP contribution in [0.1, 0.15) is 13.3 Å². The summed E-state index contributed by atoms with van der Waals surface area (Å²) in [5, 5.41) is 8.79. The van der Waals surface area contributed by atoms with Gasteiger partial charge in [0, 0.05) is 19.8 Å². The highest BCUT2D eigenvalue weighted by molar-refractivity contribution is 9.10. The normalized spacial score (nSPS) is 10.6. The molecule has 2 aromatic heterocycles. The zero-order valence-electron chi connectivity index (χ0n) is 10.1. The smallest absolute Gasteiger partial charge is 0.223 e. The monoisotopic (exact) mass is 328 g/mol. The highest BCUT2D eigenvalue weighted by Gasteiger charge is 2.10. The Hall–Kier alpha value is -1.15. The fraction of sp³-hybridized carbons (Fsp3) is 0.400. The average molecular weight is 329 g/mol. The van der Waals surface area contributed by atoms with Crippen molar-refractivity contribution >= 4 is 33.6 Å². The molecule has 1 N–H and O–H groups in total. The van der Waals surface area contributed by atoms with E-state index in [1.807, 2.05) is 7.05 Å². The van der Waals surface area contributed by atoms with Crippen LogP contribution >= 0.6 is 27.7 Å². The number of aromatic nitrogens is 5. The second-order valence-corrected chi connectivity index (χ2v) is 5.35. The summed E-state index contributed by atoms with van der Waals surface area (Å²) >= 11 is 4.88. The SMILES string of the molecule is CCCNc1ncc(Br)c(Sc2ncnn2C)n1. The molecule has 0 aliphatic carbocycles. The zero-order valence-corrected chi connectivity index (χ0v) is 12.5. The summed E-state index contributed by atoms with van der Waals surface area (Å²) in [4.78, 5) is 12.8. The largest absolute Gasteiger partial charge is 0.354 e. The molecule has 18 heavy (non-hydrogen) atoms. The maximum Gasteiger partial charge on any atom is 0.223 e. The summed E-state index contributed by atoms with van der Waals surface area (Å²) in [6, 6.07) is 0. The molecular formula is C10H13BrN6S. The molecular weight excluding hydrogens is 316 g/mol. The Balaban J connectivity index is 2.18. The Morgan fingerprint density at radius 1 is 1.44 bits per heavy atom. The highest BCUT2D eigenvalue weighted by atomic mass is 79.9. The second-order valence-electron chi connectivity index (χ2n) is 3.54. The van der Waals surface area contributed by atoms with Crippen LogP contribution < -0.4 is 5.32 Å². The molecule has 2 heterocycles. The van der Waals surface area contributed by atoms with Crippen LogP contribution in [0.2, 0.25) is 0 Å². The molecule has 0 aliphatic heterocycles. The number of nitrogens with zero attached hydrogens (tertiary/aromatic N) is 5. The van der Waals surface area contributed by atoms with Crippen molar-refractivity contribution in [3.8, 4) is 0 Å². The van der Waals surface area contributed by atoms with Gasteiger partial charge in [-0.1, -0.05) is 6.92 Å². The van der Waals surface area contributed by atoms with E-state index in [1.165, 1.54) is 18.1 Å². The summed E-state index contributed by atoms with van der Waals surface area (Å²) < 4.78 is 2.55. The molecule has 0 saturated carbocycles. The van der Waals surface area contributed by atoms with Gasteiger partial charge in [-0.15, -0.1) is 0 Å². The summed E-state index contributed by atoms with van der Waals surface area (Å²) in [5.74, 6) is 0.629. The first-order valence-corrected chi connectivity index (χ1v) is 7.10. The van der Waals surface area contributed by atoms with Gasteiger partial charge in [0.2, 0.25) is 5.95 Å². The third-order valence-corrected chi connectivity index (χ3v) is 4.00. The highest BCUT2D eigenvalue weighted by Crippen LogP contribution is 2.30. The summed E-state index contributed by atoms with van der Waals surface area (Å²) in [6.45, 7) is 2.96. The molecule has 0 atom stereocenters. The van der Waals surface area contributed by atoms with Crippen molar-refractivity contribution in [3.63, 3.8) is 0 Å². The summed E-state index contributed by atoms with van der Waals surface area (Å²) in [6.07, 6.45) is 4.29. The lowest BCUT2D eigenvalue weighted by molar-refractivity contribution is 0.684.